The molecular weight excluding hydrogens is 226 g/mol. The first kappa shape index (κ1) is 13.0. The molecule has 1 fully saturated rings. The minimum absolute atomic E-state index is 0.904. The van der Waals surface area contributed by atoms with Gasteiger partial charge in [0.1, 0.15) is 0 Å². The third kappa shape index (κ3) is 3.75. The van der Waals surface area contributed by atoms with E-state index < -0.39 is 0 Å². The Labute approximate surface area is 109 Å². The van der Waals surface area contributed by atoms with Crippen molar-refractivity contribution in [1.29, 1.82) is 0 Å². The maximum atomic E-state index is 3.63. The molecule has 0 atom stereocenters. The van der Waals surface area contributed by atoms with Crippen LogP contribution in [0.25, 0.3) is 0 Å². The molecule has 94 valence electrons. The lowest BCUT2D eigenvalue weighted by atomic mass is 10.0. The summed E-state index contributed by atoms with van der Waals surface area (Å²) in [5, 5.41) is 3.63. The molecule has 1 aliphatic rings. The van der Waals surface area contributed by atoms with Gasteiger partial charge >= 0.3 is 0 Å². The molecule has 2 heteroatoms. The molecule has 1 aromatic rings. The van der Waals surface area contributed by atoms with Gasteiger partial charge in [0, 0.05) is 6.54 Å². The maximum Gasteiger partial charge on any atom is 0.0208 e. The van der Waals surface area contributed by atoms with Crippen LogP contribution in [0.1, 0.15) is 29.5 Å². The predicted octanol–water partition coefficient (Wildman–Crippen LogP) is 3.54. The molecule has 1 nitrogen and oxygen atoms in total. The van der Waals surface area contributed by atoms with E-state index in [4.69, 9.17) is 0 Å². The summed E-state index contributed by atoms with van der Waals surface area (Å²) in [4.78, 5) is 0. The fourth-order valence-electron chi connectivity index (χ4n) is 2.36. The molecule has 0 unspecified atom stereocenters. The van der Waals surface area contributed by atoms with E-state index in [1.165, 1.54) is 47.6 Å². The Morgan fingerprint density at radius 1 is 1.24 bits per heavy atom. The predicted molar refractivity (Wildman–Crippen MR) is 77.7 cm³/mol. The first-order chi connectivity index (χ1) is 8.27. The summed E-state index contributed by atoms with van der Waals surface area (Å²) in [5.74, 6) is 3.62. The van der Waals surface area contributed by atoms with Crippen LogP contribution in [0.3, 0.4) is 0 Å². The van der Waals surface area contributed by atoms with Crippen LogP contribution in [0.2, 0.25) is 0 Å². The standard InChI is InChI=1S/C15H23NS/c1-12-4-3-5-15(13(12)2)11-16-10-14-6-8-17-9-7-14/h3-5,14,16H,6-11H2,1-2H3. The van der Waals surface area contributed by atoms with E-state index in [2.05, 4.69) is 49.1 Å². The monoisotopic (exact) mass is 249 g/mol. The molecule has 0 bridgehead atoms. The molecule has 1 heterocycles. The van der Waals surface area contributed by atoms with Crippen molar-refractivity contribution < 1.29 is 0 Å². The first-order valence-corrected chi connectivity index (χ1v) is 7.76. The van der Waals surface area contributed by atoms with Crippen LogP contribution in [0, 0.1) is 19.8 Å². The van der Waals surface area contributed by atoms with Gasteiger partial charge in [-0.25, -0.2) is 0 Å². The molecule has 0 aromatic heterocycles. The van der Waals surface area contributed by atoms with Crippen LogP contribution in [0.15, 0.2) is 18.2 Å². The number of rotatable bonds is 4. The molecule has 2 rings (SSSR count). The Hall–Kier alpha value is -0.470. The molecule has 0 amide bonds. The van der Waals surface area contributed by atoms with Gasteiger partial charge in [0.05, 0.1) is 0 Å². The summed E-state index contributed by atoms with van der Waals surface area (Å²) < 4.78 is 0. The molecular formula is C15H23NS. The Morgan fingerprint density at radius 3 is 2.76 bits per heavy atom. The van der Waals surface area contributed by atoms with Crippen molar-refractivity contribution in [2.24, 2.45) is 5.92 Å². The van der Waals surface area contributed by atoms with Crippen molar-refractivity contribution in [2.75, 3.05) is 18.1 Å². The minimum Gasteiger partial charge on any atom is -0.312 e. The molecule has 17 heavy (non-hydrogen) atoms. The summed E-state index contributed by atoms with van der Waals surface area (Å²) in [6.07, 6.45) is 2.79. The van der Waals surface area contributed by atoms with Crippen molar-refractivity contribution in [3.05, 3.63) is 34.9 Å². The van der Waals surface area contributed by atoms with Gasteiger partial charge in [0.15, 0.2) is 0 Å². The second-order valence-electron chi connectivity index (χ2n) is 5.05. The highest BCUT2D eigenvalue weighted by molar-refractivity contribution is 7.99. The van der Waals surface area contributed by atoms with Gasteiger partial charge < -0.3 is 5.32 Å². The highest BCUT2D eigenvalue weighted by Gasteiger charge is 2.12. The van der Waals surface area contributed by atoms with Crippen molar-refractivity contribution in [3.63, 3.8) is 0 Å². The smallest absolute Gasteiger partial charge is 0.0208 e. The Morgan fingerprint density at radius 2 is 2.00 bits per heavy atom. The van der Waals surface area contributed by atoms with Gasteiger partial charge in [-0.05, 0) is 67.3 Å². The van der Waals surface area contributed by atoms with Crippen LogP contribution >= 0.6 is 11.8 Å². The van der Waals surface area contributed by atoms with Crippen LogP contribution in [-0.4, -0.2) is 18.1 Å². The van der Waals surface area contributed by atoms with Crippen molar-refractivity contribution >= 4 is 11.8 Å². The molecule has 1 saturated heterocycles. The number of thioether (sulfide) groups is 1. The Balaban J connectivity index is 1.79. The third-order valence-corrected chi connectivity index (χ3v) is 4.85. The van der Waals surface area contributed by atoms with Gasteiger partial charge in [0.2, 0.25) is 0 Å². The van der Waals surface area contributed by atoms with Crippen molar-refractivity contribution in [1.82, 2.24) is 5.32 Å². The van der Waals surface area contributed by atoms with Crippen molar-refractivity contribution in [3.8, 4) is 0 Å². The lowest BCUT2D eigenvalue weighted by Gasteiger charge is -2.21. The molecule has 0 radical (unpaired) electrons. The third-order valence-electron chi connectivity index (χ3n) is 3.81. The van der Waals surface area contributed by atoms with E-state index >= 15 is 0 Å². The fraction of sp³-hybridized carbons (Fsp3) is 0.600. The lowest BCUT2D eigenvalue weighted by molar-refractivity contribution is 0.447. The highest BCUT2D eigenvalue weighted by atomic mass is 32.2. The average molecular weight is 249 g/mol. The zero-order valence-electron chi connectivity index (χ0n) is 11.0. The van der Waals surface area contributed by atoms with E-state index in [0.717, 1.165) is 12.5 Å². The quantitative estimate of drug-likeness (QED) is 0.876. The number of nitrogens with one attached hydrogen (secondary N) is 1. The van der Waals surface area contributed by atoms with Gasteiger partial charge in [0.25, 0.3) is 0 Å². The molecule has 1 aromatic carbocycles. The van der Waals surface area contributed by atoms with Crippen LogP contribution in [-0.2, 0) is 6.54 Å². The molecule has 1 N–H and O–H groups in total. The summed E-state index contributed by atoms with van der Waals surface area (Å²) in [6.45, 7) is 6.63. The van der Waals surface area contributed by atoms with Gasteiger partial charge in [-0.2, -0.15) is 11.8 Å². The van der Waals surface area contributed by atoms with Gasteiger partial charge in [-0.1, -0.05) is 18.2 Å². The molecule has 1 aliphatic heterocycles. The molecule has 0 spiro atoms. The van der Waals surface area contributed by atoms with E-state index in [0.29, 0.717) is 0 Å². The summed E-state index contributed by atoms with van der Waals surface area (Å²) in [7, 11) is 0. The zero-order valence-corrected chi connectivity index (χ0v) is 11.8. The number of hydrogen-bond acceptors (Lipinski definition) is 2. The number of benzene rings is 1. The minimum atomic E-state index is 0.904. The van der Waals surface area contributed by atoms with Crippen molar-refractivity contribution in [2.45, 2.75) is 33.2 Å². The average Bonchev–Trinajstić information content (AvgIpc) is 2.36. The number of hydrogen-bond donors (Lipinski definition) is 1. The fourth-order valence-corrected chi connectivity index (χ4v) is 3.57. The first-order valence-electron chi connectivity index (χ1n) is 6.61. The summed E-state index contributed by atoms with van der Waals surface area (Å²) in [6, 6.07) is 6.60. The van der Waals surface area contributed by atoms with E-state index in [1.54, 1.807) is 0 Å². The Bertz CT molecular complexity index is 356. The number of aryl methyl sites for hydroxylation is 1. The summed E-state index contributed by atoms with van der Waals surface area (Å²) in [5.41, 5.74) is 4.30. The lowest BCUT2D eigenvalue weighted by Crippen LogP contribution is -2.25. The van der Waals surface area contributed by atoms with E-state index in [9.17, 15) is 0 Å². The highest BCUT2D eigenvalue weighted by Crippen LogP contribution is 2.22. The normalized spacial score (nSPS) is 17.3. The van der Waals surface area contributed by atoms with Gasteiger partial charge in [-0.3, -0.25) is 0 Å². The van der Waals surface area contributed by atoms with Crippen LogP contribution < -0.4 is 5.32 Å². The van der Waals surface area contributed by atoms with E-state index in [-0.39, 0.29) is 0 Å². The second-order valence-corrected chi connectivity index (χ2v) is 6.27. The maximum absolute atomic E-state index is 3.63. The van der Waals surface area contributed by atoms with Gasteiger partial charge in [-0.15, -0.1) is 0 Å². The zero-order chi connectivity index (χ0) is 12.1. The van der Waals surface area contributed by atoms with Crippen LogP contribution in [0.5, 0.6) is 0 Å². The molecule has 0 saturated carbocycles. The molecule has 0 aliphatic carbocycles. The van der Waals surface area contributed by atoms with Crippen LogP contribution in [0.4, 0.5) is 0 Å². The largest absolute Gasteiger partial charge is 0.312 e. The SMILES string of the molecule is Cc1cccc(CNCC2CCSCC2)c1C. The Kier molecular flexibility index (Phi) is 4.93. The summed E-state index contributed by atoms with van der Waals surface area (Å²) >= 11 is 2.11. The van der Waals surface area contributed by atoms with E-state index in [1.807, 2.05) is 0 Å². The topological polar surface area (TPSA) is 12.0 Å². The second kappa shape index (κ2) is 6.46.